The average Bonchev–Trinajstić information content (AvgIpc) is 2.56. The number of carboxylic acids is 1. The lowest BCUT2D eigenvalue weighted by molar-refractivity contribution is -0.142. The van der Waals surface area contributed by atoms with Crippen molar-refractivity contribution >= 4 is 17.3 Å². The number of nitrogens with one attached hydrogen (secondary N) is 1. The number of carboxylic acid groups (broad SMARTS) is 1. The van der Waals surface area contributed by atoms with Crippen LogP contribution in [0.25, 0.3) is 11.1 Å². The van der Waals surface area contributed by atoms with Gasteiger partial charge in [-0.1, -0.05) is 6.07 Å². The molecular weight excluding hydrogens is 397 g/mol. The van der Waals surface area contributed by atoms with Crippen LogP contribution in [0.2, 0.25) is 0 Å². The van der Waals surface area contributed by atoms with Gasteiger partial charge in [0, 0.05) is 24.3 Å². The fraction of sp³-hybridized carbons (Fsp3) is 0.409. The van der Waals surface area contributed by atoms with Gasteiger partial charge in [0.2, 0.25) is 0 Å². The lowest BCUT2D eigenvalue weighted by atomic mass is 9.94. The van der Waals surface area contributed by atoms with E-state index in [-0.39, 0.29) is 5.75 Å². The average molecular weight is 420 g/mol. The van der Waals surface area contributed by atoms with Crippen LogP contribution in [0.5, 0.6) is 5.75 Å². The number of fused-ring (bicyclic) bond motifs is 1. The molecule has 0 bridgehead atoms. The summed E-state index contributed by atoms with van der Waals surface area (Å²) in [4.78, 5) is 13.0. The predicted molar refractivity (Wildman–Crippen MR) is 108 cm³/mol. The lowest BCUT2D eigenvalue weighted by Crippen LogP contribution is -2.50. The number of anilines is 2. The molecular formula is C22H23F3N2O3. The molecule has 1 fully saturated rings. The highest BCUT2D eigenvalue weighted by atomic mass is 19.4. The van der Waals surface area contributed by atoms with Gasteiger partial charge in [-0.05, 0) is 56.2 Å². The first-order chi connectivity index (χ1) is 13.9. The molecule has 30 heavy (non-hydrogen) atoms. The van der Waals surface area contributed by atoms with E-state index in [1.54, 1.807) is 0 Å². The summed E-state index contributed by atoms with van der Waals surface area (Å²) in [5, 5.41) is 12.3. The second kappa shape index (κ2) is 6.82. The Morgan fingerprint density at radius 1 is 1.20 bits per heavy atom. The van der Waals surface area contributed by atoms with Gasteiger partial charge < -0.3 is 20.1 Å². The Hall–Kier alpha value is -2.90. The molecule has 2 aromatic rings. The van der Waals surface area contributed by atoms with Crippen LogP contribution in [0, 0.1) is 12.8 Å². The van der Waals surface area contributed by atoms with E-state index in [0.29, 0.717) is 36.4 Å². The molecule has 0 saturated carbocycles. The molecule has 0 unspecified atom stereocenters. The highest BCUT2D eigenvalue weighted by Gasteiger charge is 2.36. The maximum absolute atomic E-state index is 13.6. The number of carbonyl (C=O) groups is 1. The largest absolute Gasteiger partial charge is 0.484 e. The van der Waals surface area contributed by atoms with Gasteiger partial charge in [-0.15, -0.1) is 0 Å². The van der Waals surface area contributed by atoms with Crippen molar-refractivity contribution in [2.24, 2.45) is 5.92 Å². The summed E-state index contributed by atoms with van der Waals surface area (Å²) >= 11 is 0. The zero-order valence-corrected chi connectivity index (χ0v) is 16.9. The number of benzene rings is 2. The Kier molecular flexibility index (Phi) is 4.63. The van der Waals surface area contributed by atoms with Crippen molar-refractivity contribution in [3.63, 3.8) is 0 Å². The van der Waals surface area contributed by atoms with Gasteiger partial charge in [0.15, 0.2) is 0 Å². The zero-order chi connectivity index (χ0) is 21.8. The summed E-state index contributed by atoms with van der Waals surface area (Å²) in [6, 6.07) is 7.73. The summed E-state index contributed by atoms with van der Waals surface area (Å²) in [5.41, 5.74) is 1.85. The molecule has 0 atom stereocenters. The third-order valence-corrected chi connectivity index (χ3v) is 5.48. The van der Waals surface area contributed by atoms with E-state index in [2.05, 4.69) is 5.32 Å². The minimum absolute atomic E-state index is 0.175. The van der Waals surface area contributed by atoms with E-state index in [9.17, 15) is 18.0 Å². The van der Waals surface area contributed by atoms with Crippen molar-refractivity contribution in [2.75, 3.05) is 29.9 Å². The van der Waals surface area contributed by atoms with Crippen LogP contribution in [0.4, 0.5) is 24.5 Å². The predicted octanol–water partition coefficient (Wildman–Crippen LogP) is 4.78. The third kappa shape index (κ3) is 3.78. The molecule has 0 amide bonds. The molecule has 8 heteroatoms. The Bertz CT molecular complexity index is 1010. The van der Waals surface area contributed by atoms with Crippen LogP contribution in [0.15, 0.2) is 30.3 Å². The van der Waals surface area contributed by atoms with Crippen LogP contribution >= 0.6 is 0 Å². The van der Waals surface area contributed by atoms with Gasteiger partial charge in [0.25, 0.3) is 0 Å². The van der Waals surface area contributed by atoms with Crippen molar-refractivity contribution in [3.05, 3.63) is 41.5 Å². The van der Waals surface area contributed by atoms with Gasteiger partial charge >= 0.3 is 12.1 Å². The minimum atomic E-state index is -4.51. The Balaban J connectivity index is 1.79. The molecule has 4 rings (SSSR count). The number of halogens is 3. The molecule has 5 nitrogen and oxygen atoms in total. The third-order valence-electron chi connectivity index (χ3n) is 5.48. The number of ether oxygens (including phenoxy) is 1. The lowest BCUT2D eigenvalue weighted by Gasteiger charge is -2.39. The molecule has 1 saturated heterocycles. The van der Waals surface area contributed by atoms with Crippen molar-refractivity contribution in [1.82, 2.24) is 0 Å². The van der Waals surface area contributed by atoms with Crippen molar-refractivity contribution in [1.29, 1.82) is 0 Å². The molecule has 0 radical (unpaired) electrons. The van der Waals surface area contributed by atoms with E-state index >= 15 is 0 Å². The van der Waals surface area contributed by atoms with E-state index in [4.69, 9.17) is 9.84 Å². The highest BCUT2D eigenvalue weighted by Crippen LogP contribution is 2.46. The maximum Gasteiger partial charge on any atom is 0.416 e. The molecule has 160 valence electrons. The smallest absolute Gasteiger partial charge is 0.416 e. The molecule has 2 heterocycles. The number of aliphatic carboxylic acids is 1. The molecule has 0 spiro atoms. The summed E-state index contributed by atoms with van der Waals surface area (Å²) < 4.78 is 46.6. The quantitative estimate of drug-likeness (QED) is 0.748. The highest BCUT2D eigenvalue weighted by molar-refractivity contribution is 5.86. The van der Waals surface area contributed by atoms with Gasteiger partial charge in [-0.3, -0.25) is 4.79 Å². The van der Waals surface area contributed by atoms with Crippen LogP contribution in [-0.4, -0.2) is 36.3 Å². The molecule has 2 aromatic carbocycles. The Labute approximate surface area is 172 Å². The number of alkyl halides is 3. The Morgan fingerprint density at radius 2 is 1.90 bits per heavy atom. The first kappa shape index (κ1) is 20.4. The molecule has 2 aliphatic rings. The number of hydrogen-bond donors (Lipinski definition) is 2. The maximum atomic E-state index is 13.6. The summed E-state index contributed by atoms with van der Waals surface area (Å²) in [6.45, 7) is 6.73. The number of nitrogens with zero attached hydrogens (tertiary/aromatic N) is 1. The van der Waals surface area contributed by atoms with Crippen LogP contribution in [0.3, 0.4) is 0 Å². The molecule has 2 aliphatic heterocycles. The van der Waals surface area contributed by atoms with E-state index in [1.807, 2.05) is 43.9 Å². The number of hydrogen-bond acceptors (Lipinski definition) is 4. The molecule has 0 aromatic heterocycles. The summed E-state index contributed by atoms with van der Waals surface area (Å²) in [5.74, 6) is -1.09. The number of aryl methyl sites for hydroxylation is 1. The standard InChI is InChI=1S/C22H23F3N2O3/c1-12-4-13(6-16(5-12)27-9-14(10-27)20(28)29)17-7-15(22(23,24)25)8-18-19(17)26-11-21(2,3)30-18/h4-8,14,26H,9-11H2,1-3H3,(H,28,29). The monoisotopic (exact) mass is 420 g/mol. The number of rotatable bonds is 3. The molecule has 0 aliphatic carbocycles. The van der Waals surface area contributed by atoms with E-state index in [1.165, 1.54) is 0 Å². The van der Waals surface area contributed by atoms with Gasteiger partial charge in [0.1, 0.15) is 11.4 Å². The van der Waals surface area contributed by atoms with Crippen LogP contribution in [-0.2, 0) is 11.0 Å². The normalized spacial score (nSPS) is 18.1. The summed E-state index contributed by atoms with van der Waals surface area (Å²) in [6.07, 6.45) is -4.51. The first-order valence-electron chi connectivity index (χ1n) is 9.71. The van der Waals surface area contributed by atoms with Crippen molar-refractivity contribution in [2.45, 2.75) is 32.5 Å². The SMILES string of the molecule is Cc1cc(-c2cc(C(F)(F)F)cc3c2NCC(C)(C)O3)cc(N2CC(C(=O)O)C2)c1. The van der Waals surface area contributed by atoms with Gasteiger partial charge in [0.05, 0.1) is 23.7 Å². The zero-order valence-electron chi connectivity index (χ0n) is 16.9. The summed E-state index contributed by atoms with van der Waals surface area (Å²) in [7, 11) is 0. The van der Waals surface area contributed by atoms with Crippen LogP contribution < -0.4 is 15.0 Å². The van der Waals surface area contributed by atoms with Gasteiger partial charge in [-0.2, -0.15) is 13.2 Å². The fourth-order valence-corrected chi connectivity index (χ4v) is 3.85. The minimum Gasteiger partial charge on any atom is -0.484 e. The first-order valence-corrected chi connectivity index (χ1v) is 9.71. The van der Waals surface area contributed by atoms with Gasteiger partial charge in [-0.25, -0.2) is 0 Å². The van der Waals surface area contributed by atoms with Crippen molar-refractivity contribution in [3.8, 4) is 16.9 Å². The molecule has 2 N–H and O–H groups in total. The second-order valence-electron chi connectivity index (χ2n) is 8.61. The van der Waals surface area contributed by atoms with E-state index < -0.39 is 29.2 Å². The fourth-order valence-electron chi connectivity index (χ4n) is 3.85. The van der Waals surface area contributed by atoms with Crippen LogP contribution in [0.1, 0.15) is 25.0 Å². The topological polar surface area (TPSA) is 61.8 Å². The van der Waals surface area contributed by atoms with E-state index in [0.717, 1.165) is 23.4 Å². The van der Waals surface area contributed by atoms with Crippen molar-refractivity contribution < 1.29 is 27.8 Å². The Morgan fingerprint density at radius 3 is 2.53 bits per heavy atom. The second-order valence-corrected chi connectivity index (χ2v) is 8.61.